The maximum atomic E-state index is 15.0. The Hall–Kier alpha value is -4.83. The summed E-state index contributed by atoms with van der Waals surface area (Å²) in [6.07, 6.45) is -3.31. The summed E-state index contributed by atoms with van der Waals surface area (Å²) in [6, 6.07) is 13.0. The molecule has 264 valence electrons. The van der Waals surface area contributed by atoms with Crippen LogP contribution in [0.25, 0.3) is 0 Å². The maximum absolute atomic E-state index is 15.0. The number of hydrogen-bond acceptors (Lipinski definition) is 10. The predicted molar refractivity (Wildman–Crippen MR) is 178 cm³/mol. The summed E-state index contributed by atoms with van der Waals surface area (Å²) in [7, 11) is -2.62. The SMILES string of the molecule is COc1ccc(S(=O)(=O)N2C(=O)C(CC(=O)N3CCN(C4=NCCC=N4)CC3)(c3ccccc3OC)c3cc(Cl)ccc32)c(OC(F)(F)F)c1. The van der Waals surface area contributed by atoms with E-state index in [4.69, 9.17) is 21.1 Å². The molecule has 1 unspecified atom stereocenters. The molecule has 3 aliphatic rings. The second kappa shape index (κ2) is 13.5. The van der Waals surface area contributed by atoms with Gasteiger partial charge in [0.2, 0.25) is 11.9 Å². The van der Waals surface area contributed by atoms with Crippen molar-refractivity contribution in [3.63, 3.8) is 0 Å². The number of ether oxygens (including phenoxy) is 3. The molecule has 3 aliphatic heterocycles. The molecule has 12 nitrogen and oxygen atoms in total. The van der Waals surface area contributed by atoms with Crippen LogP contribution in [0.3, 0.4) is 0 Å². The third-order valence-electron chi connectivity index (χ3n) is 8.70. The highest BCUT2D eigenvalue weighted by Crippen LogP contribution is 2.54. The topological polar surface area (TPSA) is 130 Å². The fourth-order valence-corrected chi connectivity index (χ4v) is 8.16. The van der Waals surface area contributed by atoms with Crippen LogP contribution < -0.4 is 18.5 Å². The number of carbonyl (C=O) groups excluding carboxylic acids is 2. The minimum absolute atomic E-state index is 0.0489. The zero-order valence-electron chi connectivity index (χ0n) is 26.8. The average Bonchev–Trinajstić information content (AvgIpc) is 3.35. The molecule has 1 fully saturated rings. The standard InChI is InChI=1S/C33H31ClF3N5O7S/c1-47-22-9-11-28(27(19-22)49-33(35,36)37)50(45,46)42-25-10-8-21(34)18-24(25)32(30(42)44,23-6-3-4-7-26(23)48-2)20-29(43)40-14-16-41(17-15-40)31-38-12-5-13-39-31/h3-4,6-12,18-19H,5,13-17,20H2,1-2H3. The minimum atomic E-state index is -5.29. The van der Waals surface area contributed by atoms with E-state index in [0.717, 1.165) is 24.6 Å². The van der Waals surface area contributed by atoms with E-state index in [0.29, 0.717) is 29.9 Å². The Labute approximate surface area is 290 Å². The van der Waals surface area contributed by atoms with Crippen LogP contribution >= 0.6 is 11.6 Å². The van der Waals surface area contributed by atoms with Crippen molar-refractivity contribution in [3.05, 3.63) is 76.8 Å². The average molecular weight is 734 g/mol. The van der Waals surface area contributed by atoms with E-state index in [2.05, 4.69) is 14.7 Å². The zero-order valence-corrected chi connectivity index (χ0v) is 28.4. The summed E-state index contributed by atoms with van der Waals surface area (Å²) >= 11 is 6.45. The second-order valence-electron chi connectivity index (χ2n) is 11.5. The van der Waals surface area contributed by atoms with Gasteiger partial charge in [-0.15, -0.1) is 13.2 Å². The van der Waals surface area contributed by atoms with E-state index in [1.165, 1.54) is 38.5 Å². The molecule has 0 saturated carbocycles. The van der Waals surface area contributed by atoms with Gasteiger partial charge in [-0.3, -0.25) is 14.6 Å². The zero-order chi connectivity index (χ0) is 35.8. The molecular weight excluding hydrogens is 703 g/mol. The lowest BCUT2D eigenvalue weighted by Crippen LogP contribution is -2.53. The van der Waals surface area contributed by atoms with E-state index in [1.807, 2.05) is 4.90 Å². The van der Waals surface area contributed by atoms with E-state index < -0.39 is 50.7 Å². The smallest absolute Gasteiger partial charge is 0.497 e. The highest BCUT2D eigenvalue weighted by molar-refractivity contribution is 7.93. The fraction of sp³-hybridized carbons (Fsp3) is 0.333. The number of sulfonamides is 1. The Balaban J connectivity index is 1.47. The fourth-order valence-electron chi connectivity index (χ4n) is 6.40. The third-order valence-corrected chi connectivity index (χ3v) is 10.7. The summed E-state index contributed by atoms with van der Waals surface area (Å²) in [4.78, 5) is 40.6. The molecule has 0 radical (unpaired) electrons. The van der Waals surface area contributed by atoms with Crippen molar-refractivity contribution in [1.82, 2.24) is 9.80 Å². The van der Waals surface area contributed by atoms with Gasteiger partial charge in [0.15, 0.2) is 5.75 Å². The quantitative estimate of drug-likeness (QED) is 0.328. The second-order valence-corrected chi connectivity index (χ2v) is 13.7. The van der Waals surface area contributed by atoms with Crippen molar-refractivity contribution in [2.75, 3.05) is 51.2 Å². The molecule has 3 aromatic rings. The molecule has 0 N–H and O–H groups in total. The van der Waals surface area contributed by atoms with Crippen molar-refractivity contribution < 1.29 is 45.4 Å². The lowest BCUT2D eigenvalue weighted by molar-refractivity contribution is -0.275. The number of piperazine rings is 1. The predicted octanol–water partition coefficient (Wildman–Crippen LogP) is 4.64. The number of alkyl halides is 3. The molecule has 2 amide bonds. The number of anilines is 1. The maximum Gasteiger partial charge on any atom is 0.573 e. The summed E-state index contributed by atoms with van der Waals surface area (Å²) in [6.45, 7) is 1.97. The van der Waals surface area contributed by atoms with Crippen LogP contribution in [0.4, 0.5) is 18.9 Å². The van der Waals surface area contributed by atoms with E-state index in [-0.39, 0.29) is 46.4 Å². The Morgan fingerprint density at radius 1 is 0.960 bits per heavy atom. The first-order valence-corrected chi connectivity index (χ1v) is 17.2. The van der Waals surface area contributed by atoms with Crippen LogP contribution in [0.15, 0.2) is 75.5 Å². The number of fused-ring (bicyclic) bond motifs is 1. The first-order chi connectivity index (χ1) is 23.8. The number of para-hydroxylation sites is 1. The van der Waals surface area contributed by atoms with Crippen molar-refractivity contribution in [1.29, 1.82) is 0 Å². The lowest BCUT2D eigenvalue weighted by atomic mass is 9.72. The van der Waals surface area contributed by atoms with Crippen molar-refractivity contribution >= 4 is 51.3 Å². The van der Waals surface area contributed by atoms with Crippen LogP contribution in [0.5, 0.6) is 17.2 Å². The highest BCUT2D eigenvalue weighted by Gasteiger charge is 2.59. The van der Waals surface area contributed by atoms with Crippen molar-refractivity contribution in [3.8, 4) is 17.2 Å². The number of methoxy groups -OCH3 is 2. The van der Waals surface area contributed by atoms with Gasteiger partial charge in [-0.2, -0.15) is 0 Å². The van der Waals surface area contributed by atoms with Crippen LogP contribution in [-0.2, 0) is 25.0 Å². The molecule has 3 aromatic carbocycles. The Morgan fingerprint density at radius 2 is 1.70 bits per heavy atom. The largest absolute Gasteiger partial charge is 0.573 e. The number of halogens is 4. The van der Waals surface area contributed by atoms with Crippen molar-refractivity contribution in [2.45, 2.75) is 29.5 Å². The number of carbonyl (C=O) groups is 2. The first kappa shape index (κ1) is 35.0. The van der Waals surface area contributed by atoms with E-state index in [9.17, 15) is 26.4 Å². The molecule has 3 heterocycles. The molecule has 0 aliphatic carbocycles. The molecular formula is C33H31ClF3N5O7S. The van der Waals surface area contributed by atoms with Gasteiger partial charge in [0.1, 0.15) is 21.8 Å². The van der Waals surface area contributed by atoms with Crippen LogP contribution in [0.1, 0.15) is 24.0 Å². The van der Waals surface area contributed by atoms with Crippen LogP contribution in [-0.4, -0.2) is 95.5 Å². The Morgan fingerprint density at radius 3 is 2.36 bits per heavy atom. The van der Waals surface area contributed by atoms with Crippen molar-refractivity contribution in [2.24, 2.45) is 9.98 Å². The summed E-state index contributed by atoms with van der Waals surface area (Å²) < 4.78 is 84.7. The molecule has 1 saturated heterocycles. The number of amides is 2. The van der Waals surface area contributed by atoms with Gasteiger partial charge in [-0.25, -0.2) is 17.7 Å². The summed E-state index contributed by atoms with van der Waals surface area (Å²) in [5, 5.41) is 0.121. The Kier molecular flexibility index (Phi) is 9.43. The number of guanidine groups is 1. The summed E-state index contributed by atoms with van der Waals surface area (Å²) in [5.74, 6) is -2.09. The van der Waals surface area contributed by atoms with Crippen LogP contribution in [0, 0.1) is 0 Å². The monoisotopic (exact) mass is 733 g/mol. The number of hydrogen-bond donors (Lipinski definition) is 0. The lowest BCUT2D eigenvalue weighted by Gasteiger charge is -2.38. The third kappa shape index (κ3) is 6.33. The molecule has 17 heteroatoms. The molecule has 0 spiro atoms. The van der Waals surface area contributed by atoms with Gasteiger partial charge < -0.3 is 24.0 Å². The number of nitrogens with zero attached hydrogens (tertiary/aromatic N) is 5. The normalized spacial score (nSPS) is 19.3. The van der Waals surface area contributed by atoms with Gasteiger partial charge >= 0.3 is 6.36 Å². The number of aliphatic imine (C=N–C) groups is 2. The van der Waals surface area contributed by atoms with Gasteiger partial charge in [-0.1, -0.05) is 29.8 Å². The minimum Gasteiger partial charge on any atom is -0.497 e. The first-order valence-electron chi connectivity index (χ1n) is 15.4. The van der Waals surface area contributed by atoms with E-state index in [1.54, 1.807) is 29.3 Å². The number of rotatable bonds is 8. The number of benzene rings is 3. The molecule has 1 atom stereocenters. The van der Waals surface area contributed by atoms with Crippen LogP contribution in [0.2, 0.25) is 5.02 Å². The molecule has 50 heavy (non-hydrogen) atoms. The molecule has 6 rings (SSSR count). The molecule has 0 bridgehead atoms. The Bertz CT molecular complexity index is 2000. The van der Waals surface area contributed by atoms with Gasteiger partial charge in [0.25, 0.3) is 15.9 Å². The molecule has 0 aromatic heterocycles. The van der Waals surface area contributed by atoms with Gasteiger partial charge in [0, 0.05) is 68.4 Å². The summed E-state index contributed by atoms with van der Waals surface area (Å²) in [5.41, 5.74) is -2.03. The van der Waals surface area contributed by atoms with Gasteiger partial charge in [0.05, 0.1) is 19.9 Å². The van der Waals surface area contributed by atoms with E-state index >= 15 is 4.79 Å². The highest BCUT2D eigenvalue weighted by atomic mass is 35.5. The van der Waals surface area contributed by atoms with Gasteiger partial charge in [-0.05, 0) is 42.0 Å².